The van der Waals surface area contributed by atoms with E-state index in [0.29, 0.717) is 11.2 Å². The number of nitrogens with zero attached hydrogens (tertiary/aromatic N) is 1. The van der Waals surface area contributed by atoms with Gasteiger partial charge in [-0.15, -0.1) is 0 Å². The molecule has 2 aliphatic rings. The molecule has 0 fully saturated rings. The molecule has 2 radical (unpaired) electrons. The van der Waals surface area contributed by atoms with Crippen molar-refractivity contribution >= 4 is 19.3 Å². The standard InChI is InChI=1S/C12H11BF2N2O2/c13-7-1-2-9-8(5-7)11(3-4-18-9)12(14,15)6-19-10(16)17-11/h1-2,5H,3-4,6H2,(H2,16,17). The summed E-state index contributed by atoms with van der Waals surface area (Å²) in [5, 5.41) is 0. The third-order valence-corrected chi connectivity index (χ3v) is 3.48. The maximum Gasteiger partial charge on any atom is 0.310 e. The molecule has 0 aromatic heterocycles. The van der Waals surface area contributed by atoms with Crippen LogP contribution in [-0.2, 0) is 10.3 Å². The largest absolute Gasteiger partial charge is 0.493 e. The van der Waals surface area contributed by atoms with Crippen LogP contribution in [0.15, 0.2) is 23.2 Å². The van der Waals surface area contributed by atoms with Gasteiger partial charge in [0, 0.05) is 12.0 Å². The van der Waals surface area contributed by atoms with E-state index in [2.05, 4.69) is 9.73 Å². The van der Waals surface area contributed by atoms with E-state index in [9.17, 15) is 8.78 Å². The van der Waals surface area contributed by atoms with E-state index >= 15 is 0 Å². The highest BCUT2D eigenvalue weighted by Gasteiger charge is 2.60. The van der Waals surface area contributed by atoms with Gasteiger partial charge in [0.25, 0.3) is 6.02 Å². The molecule has 1 aromatic carbocycles. The molecular weight excluding hydrogens is 253 g/mol. The summed E-state index contributed by atoms with van der Waals surface area (Å²) >= 11 is 0. The number of amidine groups is 1. The molecule has 4 nitrogen and oxygen atoms in total. The minimum absolute atomic E-state index is 0.0283. The summed E-state index contributed by atoms with van der Waals surface area (Å²) < 4.78 is 38.8. The Hall–Kier alpha value is -1.79. The molecule has 0 aliphatic carbocycles. The van der Waals surface area contributed by atoms with Crippen molar-refractivity contribution in [3.05, 3.63) is 23.8 Å². The average Bonchev–Trinajstić information content (AvgIpc) is 2.36. The molecule has 0 saturated heterocycles. The molecule has 2 aliphatic heterocycles. The van der Waals surface area contributed by atoms with Crippen molar-refractivity contribution in [1.29, 1.82) is 0 Å². The number of fused-ring (bicyclic) bond motifs is 2. The second-order valence-electron chi connectivity index (χ2n) is 4.66. The van der Waals surface area contributed by atoms with Crippen LogP contribution in [0.25, 0.3) is 0 Å². The van der Waals surface area contributed by atoms with Crippen LogP contribution in [0.4, 0.5) is 8.78 Å². The van der Waals surface area contributed by atoms with E-state index in [-0.39, 0.29) is 24.6 Å². The SMILES string of the molecule is [B]c1ccc2c(c1)C1(CCO2)N=C(N)OCC1(F)F. The zero-order valence-corrected chi connectivity index (χ0v) is 10.0. The molecule has 0 saturated carbocycles. The van der Waals surface area contributed by atoms with Gasteiger partial charge in [-0.2, -0.15) is 8.78 Å². The first-order valence-corrected chi connectivity index (χ1v) is 5.83. The number of halogens is 2. The third kappa shape index (κ3) is 1.68. The summed E-state index contributed by atoms with van der Waals surface area (Å²) in [6.07, 6.45) is 0.0283. The lowest BCUT2D eigenvalue weighted by Gasteiger charge is -2.43. The van der Waals surface area contributed by atoms with E-state index in [0.717, 1.165) is 0 Å². The Bertz CT molecular complexity index is 565. The molecule has 19 heavy (non-hydrogen) atoms. The number of hydrogen-bond acceptors (Lipinski definition) is 4. The van der Waals surface area contributed by atoms with Crippen molar-refractivity contribution < 1.29 is 18.3 Å². The predicted octanol–water partition coefficient (Wildman–Crippen LogP) is 0.438. The van der Waals surface area contributed by atoms with Gasteiger partial charge < -0.3 is 15.2 Å². The molecule has 0 bridgehead atoms. The summed E-state index contributed by atoms with van der Waals surface area (Å²) in [6, 6.07) is 4.40. The van der Waals surface area contributed by atoms with Crippen LogP contribution in [0, 0.1) is 0 Å². The number of ether oxygens (including phenoxy) is 2. The molecule has 0 amide bonds. The van der Waals surface area contributed by atoms with Crippen molar-refractivity contribution in [3.8, 4) is 5.75 Å². The summed E-state index contributed by atoms with van der Waals surface area (Å²) in [7, 11) is 5.68. The zero-order valence-electron chi connectivity index (χ0n) is 10.0. The van der Waals surface area contributed by atoms with Crippen molar-refractivity contribution in [1.82, 2.24) is 0 Å². The smallest absolute Gasteiger partial charge is 0.310 e. The number of alkyl halides is 2. The minimum atomic E-state index is -3.16. The quantitative estimate of drug-likeness (QED) is 0.692. The van der Waals surface area contributed by atoms with Gasteiger partial charge in [0.2, 0.25) is 0 Å². The van der Waals surface area contributed by atoms with Crippen LogP contribution in [0.5, 0.6) is 5.75 Å². The van der Waals surface area contributed by atoms with Crippen LogP contribution in [-0.4, -0.2) is 33.0 Å². The van der Waals surface area contributed by atoms with Gasteiger partial charge in [-0.3, -0.25) is 0 Å². The Balaban J connectivity index is 2.25. The van der Waals surface area contributed by atoms with E-state index < -0.39 is 18.1 Å². The molecular formula is C12H11BF2N2O2. The van der Waals surface area contributed by atoms with Crippen molar-refractivity contribution in [2.75, 3.05) is 13.2 Å². The van der Waals surface area contributed by atoms with Gasteiger partial charge in [0.05, 0.1) is 6.61 Å². The lowest BCUT2D eigenvalue weighted by molar-refractivity contribution is -0.132. The van der Waals surface area contributed by atoms with E-state index in [4.69, 9.17) is 18.3 Å². The monoisotopic (exact) mass is 264 g/mol. The summed E-state index contributed by atoms with van der Waals surface area (Å²) in [5.74, 6) is -2.80. The molecule has 1 spiro atoms. The highest BCUT2D eigenvalue weighted by Crippen LogP contribution is 2.50. The Morgan fingerprint density at radius 3 is 2.89 bits per heavy atom. The first-order chi connectivity index (χ1) is 8.95. The first-order valence-electron chi connectivity index (χ1n) is 5.83. The van der Waals surface area contributed by atoms with Crippen LogP contribution in [0.2, 0.25) is 0 Å². The molecule has 1 unspecified atom stereocenters. The number of hydrogen-bond donors (Lipinski definition) is 1. The number of benzene rings is 1. The Labute approximate surface area is 110 Å². The molecule has 98 valence electrons. The van der Waals surface area contributed by atoms with E-state index in [1.165, 1.54) is 6.07 Å². The summed E-state index contributed by atoms with van der Waals surface area (Å²) in [6.45, 7) is -0.653. The third-order valence-electron chi connectivity index (χ3n) is 3.48. The highest BCUT2D eigenvalue weighted by atomic mass is 19.3. The first kappa shape index (κ1) is 12.3. The second-order valence-corrected chi connectivity index (χ2v) is 4.66. The fourth-order valence-corrected chi connectivity index (χ4v) is 2.52. The van der Waals surface area contributed by atoms with Crippen LogP contribution in [0.3, 0.4) is 0 Å². The topological polar surface area (TPSA) is 56.8 Å². The van der Waals surface area contributed by atoms with Crippen molar-refractivity contribution in [2.24, 2.45) is 10.7 Å². The van der Waals surface area contributed by atoms with E-state index in [1.807, 2.05) is 0 Å². The van der Waals surface area contributed by atoms with E-state index in [1.54, 1.807) is 12.1 Å². The normalized spacial score (nSPS) is 28.0. The molecule has 2 heterocycles. The predicted molar refractivity (Wildman–Crippen MR) is 66.1 cm³/mol. The highest BCUT2D eigenvalue weighted by molar-refractivity contribution is 6.32. The minimum Gasteiger partial charge on any atom is -0.493 e. The average molecular weight is 264 g/mol. The molecule has 3 rings (SSSR count). The zero-order chi connectivity index (χ0) is 13.7. The Kier molecular flexibility index (Phi) is 2.49. The maximum atomic E-state index is 14.3. The Morgan fingerprint density at radius 2 is 2.11 bits per heavy atom. The summed E-state index contributed by atoms with van der Waals surface area (Å²) in [5.41, 5.74) is 4.36. The van der Waals surface area contributed by atoms with Gasteiger partial charge >= 0.3 is 5.92 Å². The fraction of sp³-hybridized carbons (Fsp3) is 0.417. The molecule has 7 heteroatoms. The molecule has 1 atom stereocenters. The number of rotatable bonds is 0. The van der Waals surface area contributed by atoms with Gasteiger partial charge in [0.1, 0.15) is 13.6 Å². The van der Waals surface area contributed by atoms with Crippen LogP contribution in [0.1, 0.15) is 12.0 Å². The maximum absolute atomic E-state index is 14.3. The lowest BCUT2D eigenvalue weighted by Crippen LogP contribution is -2.54. The summed E-state index contributed by atoms with van der Waals surface area (Å²) in [4.78, 5) is 3.90. The van der Waals surface area contributed by atoms with Crippen molar-refractivity contribution in [2.45, 2.75) is 17.9 Å². The molecule has 1 aromatic rings. The second kappa shape index (κ2) is 3.85. The van der Waals surface area contributed by atoms with Crippen LogP contribution >= 0.6 is 0 Å². The van der Waals surface area contributed by atoms with Crippen molar-refractivity contribution in [3.63, 3.8) is 0 Å². The van der Waals surface area contributed by atoms with Gasteiger partial charge in [-0.25, -0.2) is 4.99 Å². The fourth-order valence-electron chi connectivity index (χ4n) is 2.52. The van der Waals surface area contributed by atoms with Crippen LogP contribution < -0.4 is 15.9 Å². The number of aliphatic imine (C=N–C) groups is 1. The lowest BCUT2D eigenvalue weighted by atomic mass is 9.77. The number of nitrogens with two attached hydrogens (primary N) is 1. The Morgan fingerprint density at radius 1 is 1.32 bits per heavy atom. The van der Waals surface area contributed by atoms with Gasteiger partial charge in [0.15, 0.2) is 12.1 Å². The van der Waals surface area contributed by atoms with Gasteiger partial charge in [-0.05, 0) is 6.07 Å². The van der Waals surface area contributed by atoms with Gasteiger partial charge in [-0.1, -0.05) is 17.6 Å². The molecule has 2 N–H and O–H groups in total.